The second kappa shape index (κ2) is 9.64. The number of rotatable bonds is 6. The molecule has 0 spiro atoms. The minimum Gasteiger partial charge on any atom is -0.506 e. The molecule has 7 heteroatoms. The summed E-state index contributed by atoms with van der Waals surface area (Å²) in [4.78, 5) is 26.8. The van der Waals surface area contributed by atoms with E-state index in [0.29, 0.717) is 30.8 Å². The Morgan fingerprint density at radius 1 is 0.938 bits per heavy atom. The number of carbonyl (C=O) groups is 2. The zero-order valence-corrected chi connectivity index (χ0v) is 17.5. The number of nitrogens with one attached hydrogen (secondary N) is 2. The predicted molar refractivity (Wildman–Crippen MR) is 124 cm³/mol. The van der Waals surface area contributed by atoms with Gasteiger partial charge in [-0.05, 0) is 47.9 Å². The van der Waals surface area contributed by atoms with Crippen LogP contribution in [0.2, 0.25) is 0 Å². The number of phenols is 1. The van der Waals surface area contributed by atoms with Gasteiger partial charge in [0.25, 0.3) is 5.91 Å². The van der Waals surface area contributed by atoms with Gasteiger partial charge in [-0.3, -0.25) is 14.5 Å². The highest BCUT2D eigenvalue weighted by molar-refractivity contribution is 6.06. The summed E-state index contributed by atoms with van der Waals surface area (Å²) in [5.41, 5.74) is 3.25. The summed E-state index contributed by atoms with van der Waals surface area (Å²) in [6.45, 7) is 1.21. The molecule has 4 rings (SSSR count). The van der Waals surface area contributed by atoms with Crippen molar-refractivity contribution < 1.29 is 19.8 Å². The van der Waals surface area contributed by atoms with Gasteiger partial charge < -0.3 is 20.8 Å². The molecule has 32 heavy (non-hydrogen) atoms. The maximum Gasteiger partial charge on any atom is 0.255 e. The summed E-state index contributed by atoms with van der Waals surface area (Å²) in [6.07, 6.45) is 0.227. The van der Waals surface area contributed by atoms with Crippen LogP contribution >= 0.6 is 0 Å². The molecular formula is C25H25N3O4. The number of aliphatic hydroxyl groups excluding tert-OH is 1. The van der Waals surface area contributed by atoms with Crippen molar-refractivity contribution in [3.8, 4) is 16.9 Å². The molecule has 4 N–H and O–H groups in total. The second-order valence-corrected chi connectivity index (χ2v) is 7.86. The highest BCUT2D eigenvalue weighted by atomic mass is 16.3. The first-order chi connectivity index (χ1) is 15.5. The van der Waals surface area contributed by atoms with E-state index in [2.05, 4.69) is 10.6 Å². The van der Waals surface area contributed by atoms with Crippen molar-refractivity contribution in [2.24, 2.45) is 0 Å². The Hall–Kier alpha value is -3.68. The highest BCUT2D eigenvalue weighted by Crippen LogP contribution is 2.26. The van der Waals surface area contributed by atoms with Gasteiger partial charge in [0.2, 0.25) is 5.91 Å². The van der Waals surface area contributed by atoms with E-state index in [1.54, 1.807) is 0 Å². The molecule has 7 nitrogen and oxygen atoms in total. The second-order valence-electron chi connectivity index (χ2n) is 7.86. The normalized spacial score (nSPS) is 16.0. The molecule has 2 amide bonds. The van der Waals surface area contributed by atoms with Gasteiger partial charge in [0, 0.05) is 24.3 Å². The lowest BCUT2D eigenvalue weighted by atomic mass is 10.1. The van der Waals surface area contributed by atoms with Gasteiger partial charge in [-0.1, -0.05) is 42.5 Å². The number of hydrogen-bond acceptors (Lipinski definition) is 5. The molecule has 1 saturated heterocycles. The van der Waals surface area contributed by atoms with E-state index in [9.17, 15) is 19.8 Å². The fourth-order valence-electron chi connectivity index (χ4n) is 3.71. The number of β-amino-alcohol motifs (C(OH)–C–C–N with tert-alkyl or cyclic N) is 1. The first-order valence-corrected chi connectivity index (χ1v) is 10.5. The Morgan fingerprint density at radius 2 is 1.66 bits per heavy atom. The smallest absolute Gasteiger partial charge is 0.255 e. The van der Waals surface area contributed by atoms with Crippen molar-refractivity contribution in [2.75, 3.05) is 30.3 Å². The molecule has 1 unspecified atom stereocenters. The molecule has 0 aromatic heterocycles. The summed E-state index contributed by atoms with van der Waals surface area (Å²) in [5, 5.41) is 25.2. The summed E-state index contributed by atoms with van der Waals surface area (Å²) < 4.78 is 0. The molecule has 3 aromatic carbocycles. The highest BCUT2D eigenvalue weighted by Gasteiger charge is 2.22. The van der Waals surface area contributed by atoms with Gasteiger partial charge in [0.1, 0.15) is 5.75 Å². The molecule has 164 valence electrons. The summed E-state index contributed by atoms with van der Waals surface area (Å²) in [6, 6.07) is 21.8. The largest absolute Gasteiger partial charge is 0.506 e. The van der Waals surface area contributed by atoms with Crippen LogP contribution in [0, 0.1) is 0 Å². The third kappa shape index (κ3) is 5.32. The van der Waals surface area contributed by atoms with E-state index in [1.165, 1.54) is 18.2 Å². The zero-order chi connectivity index (χ0) is 22.5. The average Bonchev–Trinajstić information content (AvgIpc) is 3.20. The quantitative estimate of drug-likeness (QED) is 0.449. The van der Waals surface area contributed by atoms with E-state index in [0.717, 1.165) is 11.1 Å². The van der Waals surface area contributed by atoms with Crippen LogP contribution in [0.25, 0.3) is 11.1 Å². The van der Waals surface area contributed by atoms with Gasteiger partial charge in [-0.15, -0.1) is 0 Å². The molecular weight excluding hydrogens is 406 g/mol. The van der Waals surface area contributed by atoms with Crippen LogP contribution in [0.3, 0.4) is 0 Å². The lowest BCUT2D eigenvalue weighted by Gasteiger charge is -2.15. The SMILES string of the molecule is O=C(CN1CCC(O)C1)Nc1cc(C(=O)Nc2ccc(-c3ccccc3)cc2)ccc1O. The van der Waals surface area contributed by atoms with E-state index >= 15 is 0 Å². The van der Waals surface area contributed by atoms with E-state index in [1.807, 2.05) is 59.5 Å². The number of aliphatic hydroxyl groups is 1. The lowest BCUT2D eigenvalue weighted by Crippen LogP contribution is -2.32. The van der Waals surface area contributed by atoms with Crippen molar-refractivity contribution in [1.82, 2.24) is 4.90 Å². The Labute approximate surface area is 186 Å². The molecule has 0 aliphatic carbocycles. The number of benzene rings is 3. The number of anilines is 2. The Morgan fingerprint density at radius 3 is 2.34 bits per heavy atom. The Balaban J connectivity index is 1.40. The monoisotopic (exact) mass is 431 g/mol. The fraction of sp³-hybridized carbons (Fsp3) is 0.200. The minimum atomic E-state index is -0.412. The van der Waals surface area contributed by atoms with E-state index in [4.69, 9.17) is 0 Å². The summed E-state index contributed by atoms with van der Waals surface area (Å²) in [7, 11) is 0. The molecule has 1 atom stereocenters. The van der Waals surface area contributed by atoms with Gasteiger partial charge >= 0.3 is 0 Å². The van der Waals surface area contributed by atoms with Crippen LogP contribution in [0.1, 0.15) is 16.8 Å². The lowest BCUT2D eigenvalue weighted by molar-refractivity contribution is -0.117. The van der Waals surface area contributed by atoms with E-state index in [-0.39, 0.29) is 29.8 Å². The van der Waals surface area contributed by atoms with Crippen LogP contribution < -0.4 is 10.6 Å². The number of amides is 2. The average molecular weight is 431 g/mol. The fourth-order valence-corrected chi connectivity index (χ4v) is 3.71. The van der Waals surface area contributed by atoms with Crippen molar-refractivity contribution >= 4 is 23.2 Å². The molecule has 0 radical (unpaired) electrons. The third-order valence-electron chi connectivity index (χ3n) is 5.40. The first kappa shape index (κ1) is 21.5. The molecule has 1 aliphatic rings. The number of phenolic OH excluding ortho intramolecular Hbond substituents is 1. The maximum atomic E-state index is 12.7. The van der Waals surface area contributed by atoms with Crippen molar-refractivity contribution in [1.29, 1.82) is 0 Å². The topological polar surface area (TPSA) is 102 Å². The maximum absolute atomic E-state index is 12.7. The van der Waals surface area contributed by atoms with Crippen LogP contribution in [-0.4, -0.2) is 52.7 Å². The van der Waals surface area contributed by atoms with Gasteiger partial charge in [-0.2, -0.15) is 0 Å². The van der Waals surface area contributed by atoms with Crippen LogP contribution in [0.4, 0.5) is 11.4 Å². The molecule has 0 bridgehead atoms. The Bertz CT molecular complexity index is 1100. The summed E-state index contributed by atoms with van der Waals surface area (Å²) >= 11 is 0. The number of likely N-dealkylation sites (tertiary alicyclic amines) is 1. The van der Waals surface area contributed by atoms with Crippen LogP contribution in [-0.2, 0) is 4.79 Å². The minimum absolute atomic E-state index is 0.112. The van der Waals surface area contributed by atoms with Gasteiger partial charge in [0.05, 0.1) is 18.3 Å². The molecule has 1 aliphatic heterocycles. The third-order valence-corrected chi connectivity index (χ3v) is 5.40. The van der Waals surface area contributed by atoms with Gasteiger partial charge in [0.15, 0.2) is 0 Å². The van der Waals surface area contributed by atoms with E-state index < -0.39 is 6.10 Å². The molecule has 1 fully saturated rings. The standard InChI is InChI=1S/C25H25N3O4/c29-21-12-13-28(15-21)16-24(31)27-22-14-19(8-11-23(22)30)25(32)26-20-9-6-18(7-10-20)17-4-2-1-3-5-17/h1-11,14,21,29-30H,12-13,15-16H2,(H,26,32)(H,27,31). The van der Waals surface area contributed by atoms with Gasteiger partial charge in [-0.25, -0.2) is 0 Å². The number of hydrogen-bond donors (Lipinski definition) is 4. The predicted octanol–water partition coefficient (Wildman–Crippen LogP) is 3.32. The number of nitrogens with zero attached hydrogens (tertiary/aromatic N) is 1. The first-order valence-electron chi connectivity index (χ1n) is 10.5. The zero-order valence-electron chi connectivity index (χ0n) is 17.5. The number of aromatic hydroxyl groups is 1. The van der Waals surface area contributed by atoms with Crippen LogP contribution in [0.5, 0.6) is 5.75 Å². The van der Waals surface area contributed by atoms with Crippen molar-refractivity contribution in [2.45, 2.75) is 12.5 Å². The summed E-state index contributed by atoms with van der Waals surface area (Å²) in [5.74, 6) is -0.789. The van der Waals surface area contributed by atoms with Crippen LogP contribution in [0.15, 0.2) is 72.8 Å². The number of carbonyl (C=O) groups excluding carboxylic acids is 2. The van der Waals surface area contributed by atoms with Crippen molar-refractivity contribution in [3.63, 3.8) is 0 Å². The molecule has 1 heterocycles. The van der Waals surface area contributed by atoms with Crippen molar-refractivity contribution in [3.05, 3.63) is 78.4 Å². The molecule has 0 saturated carbocycles. The molecule has 3 aromatic rings. The Kier molecular flexibility index (Phi) is 6.49.